The molecule has 2 aliphatic rings. The molecular weight excluding hydrogens is 226 g/mol. The summed E-state index contributed by atoms with van der Waals surface area (Å²) in [6.07, 6.45) is 2.27. The van der Waals surface area contributed by atoms with Gasteiger partial charge in [-0.2, -0.15) is 0 Å². The molecule has 1 saturated heterocycles. The van der Waals surface area contributed by atoms with Gasteiger partial charge in [-0.25, -0.2) is 8.78 Å². The highest BCUT2D eigenvalue weighted by Gasteiger charge is 2.40. The molecule has 1 unspecified atom stereocenters. The zero-order chi connectivity index (χ0) is 12.5. The van der Waals surface area contributed by atoms with Crippen molar-refractivity contribution in [2.24, 2.45) is 11.7 Å². The third-order valence-corrected chi connectivity index (χ3v) is 4.00. The van der Waals surface area contributed by atoms with Crippen molar-refractivity contribution < 1.29 is 13.6 Å². The Hall–Kier alpha value is -0.710. The van der Waals surface area contributed by atoms with E-state index in [9.17, 15) is 13.6 Å². The molecular formula is C12H20F2N2O. The van der Waals surface area contributed by atoms with Gasteiger partial charge in [-0.15, -0.1) is 0 Å². The first kappa shape index (κ1) is 12.7. The van der Waals surface area contributed by atoms with Crippen LogP contribution < -0.4 is 5.73 Å². The van der Waals surface area contributed by atoms with E-state index in [2.05, 4.69) is 0 Å². The van der Waals surface area contributed by atoms with Crippen molar-refractivity contribution in [3.05, 3.63) is 0 Å². The van der Waals surface area contributed by atoms with E-state index in [0.29, 0.717) is 19.4 Å². The molecule has 1 saturated carbocycles. The van der Waals surface area contributed by atoms with Gasteiger partial charge in [-0.3, -0.25) is 4.79 Å². The zero-order valence-electron chi connectivity index (χ0n) is 10.0. The lowest BCUT2D eigenvalue weighted by molar-refractivity contribution is -0.140. The second-order valence-electron chi connectivity index (χ2n) is 5.19. The fourth-order valence-electron chi connectivity index (χ4n) is 2.89. The largest absolute Gasteiger partial charge is 0.338 e. The van der Waals surface area contributed by atoms with E-state index in [1.54, 1.807) is 0 Å². The van der Waals surface area contributed by atoms with Gasteiger partial charge in [0.25, 0.3) is 0 Å². The zero-order valence-corrected chi connectivity index (χ0v) is 10.0. The van der Waals surface area contributed by atoms with Crippen molar-refractivity contribution in [1.82, 2.24) is 4.90 Å². The number of nitrogens with two attached hydrogens (primary N) is 1. The molecule has 1 heterocycles. The van der Waals surface area contributed by atoms with E-state index in [-0.39, 0.29) is 30.7 Å². The van der Waals surface area contributed by atoms with Crippen LogP contribution in [0.5, 0.6) is 0 Å². The van der Waals surface area contributed by atoms with Crippen LogP contribution in [0.25, 0.3) is 0 Å². The van der Waals surface area contributed by atoms with Gasteiger partial charge >= 0.3 is 0 Å². The highest BCUT2D eigenvalue weighted by molar-refractivity contribution is 5.79. The van der Waals surface area contributed by atoms with E-state index < -0.39 is 5.92 Å². The fraction of sp³-hybridized carbons (Fsp3) is 0.917. The van der Waals surface area contributed by atoms with Gasteiger partial charge in [0.05, 0.1) is 0 Å². The molecule has 2 N–H and O–H groups in total. The van der Waals surface area contributed by atoms with Crippen LogP contribution >= 0.6 is 0 Å². The molecule has 1 amide bonds. The SMILES string of the molecule is NCC1CCCN1C(=O)C1CCC(F)(F)CC1. The Balaban J connectivity index is 1.92. The molecule has 0 spiro atoms. The maximum atomic E-state index is 13.0. The van der Waals surface area contributed by atoms with E-state index in [0.717, 1.165) is 19.4 Å². The Morgan fingerprint density at radius 2 is 1.94 bits per heavy atom. The van der Waals surface area contributed by atoms with Gasteiger partial charge in [-0.1, -0.05) is 0 Å². The number of halogens is 2. The summed E-state index contributed by atoms with van der Waals surface area (Å²) in [6, 6.07) is 0.130. The standard InChI is InChI=1S/C12H20F2N2O/c13-12(14)5-3-9(4-6-12)11(17)16-7-1-2-10(16)8-15/h9-10H,1-8,15H2. The summed E-state index contributed by atoms with van der Waals surface area (Å²) >= 11 is 0. The first-order valence-electron chi connectivity index (χ1n) is 6.42. The number of hydrogen-bond acceptors (Lipinski definition) is 2. The first-order chi connectivity index (χ1) is 8.03. The highest BCUT2D eigenvalue weighted by atomic mass is 19.3. The van der Waals surface area contributed by atoms with Crippen LogP contribution in [0.2, 0.25) is 0 Å². The normalized spacial score (nSPS) is 29.6. The Bertz CT molecular complexity index is 286. The van der Waals surface area contributed by atoms with Crippen LogP contribution in [0.3, 0.4) is 0 Å². The van der Waals surface area contributed by atoms with Crippen LogP contribution in [0.1, 0.15) is 38.5 Å². The molecule has 0 radical (unpaired) electrons. The Morgan fingerprint density at radius 1 is 1.29 bits per heavy atom. The lowest BCUT2D eigenvalue weighted by Crippen LogP contribution is -2.44. The molecule has 0 aromatic carbocycles. The number of likely N-dealkylation sites (tertiary alicyclic amines) is 1. The molecule has 0 bridgehead atoms. The van der Waals surface area contributed by atoms with Crippen LogP contribution in [-0.4, -0.2) is 35.9 Å². The van der Waals surface area contributed by atoms with Crippen molar-refractivity contribution >= 4 is 5.91 Å². The molecule has 98 valence electrons. The maximum Gasteiger partial charge on any atom is 0.248 e. The summed E-state index contributed by atoms with van der Waals surface area (Å²) in [5.74, 6) is -2.72. The number of rotatable bonds is 2. The van der Waals surface area contributed by atoms with Gasteiger partial charge in [0.15, 0.2) is 0 Å². The van der Waals surface area contributed by atoms with Gasteiger partial charge in [0, 0.05) is 37.9 Å². The molecule has 2 rings (SSSR count). The van der Waals surface area contributed by atoms with Crippen molar-refractivity contribution in [2.75, 3.05) is 13.1 Å². The number of carbonyl (C=O) groups is 1. The second kappa shape index (κ2) is 4.88. The van der Waals surface area contributed by atoms with Gasteiger partial charge in [-0.05, 0) is 25.7 Å². The molecule has 1 aliphatic heterocycles. The fourth-order valence-corrected chi connectivity index (χ4v) is 2.89. The summed E-state index contributed by atoms with van der Waals surface area (Å²) in [7, 11) is 0. The summed E-state index contributed by atoms with van der Waals surface area (Å²) in [6.45, 7) is 1.22. The minimum atomic E-state index is -2.56. The third-order valence-electron chi connectivity index (χ3n) is 4.00. The summed E-state index contributed by atoms with van der Waals surface area (Å²) in [5.41, 5.74) is 5.62. The molecule has 0 aromatic heterocycles. The van der Waals surface area contributed by atoms with Crippen LogP contribution in [0, 0.1) is 5.92 Å². The molecule has 1 atom stereocenters. The number of carbonyl (C=O) groups excluding carboxylic acids is 1. The molecule has 1 aliphatic carbocycles. The smallest absolute Gasteiger partial charge is 0.248 e. The first-order valence-corrected chi connectivity index (χ1v) is 6.42. The van der Waals surface area contributed by atoms with Crippen molar-refractivity contribution in [3.63, 3.8) is 0 Å². The Labute approximate surface area is 100 Å². The van der Waals surface area contributed by atoms with Gasteiger partial charge < -0.3 is 10.6 Å². The van der Waals surface area contributed by atoms with E-state index in [1.165, 1.54) is 0 Å². The summed E-state index contributed by atoms with van der Waals surface area (Å²) in [5, 5.41) is 0. The highest BCUT2D eigenvalue weighted by Crippen LogP contribution is 2.37. The van der Waals surface area contributed by atoms with Crippen LogP contribution in [0.15, 0.2) is 0 Å². The van der Waals surface area contributed by atoms with Gasteiger partial charge in [0.1, 0.15) is 0 Å². The van der Waals surface area contributed by atoms with Crippen molar-refractivity contribution in [2.45, 2.75) is 50.5 Å². The summed E-state index contributed by atoms with van der Waals surface area (Å²) in [4.78, 5) is 14.0. The van der Waals surface area contributed by atoms with E-state index in [1.807, 2.05) is 4.90 Å². The predicted molar refractivity (Wildman–Crippen MR) is 60.7 cm³/mol. The van der Waals surface area contributed by atoms with Gasteiger partial charge in [0.2, 0.25) is 11.8 Å². The molecule has 2 fully saturated rings. The third kappa shape index (κ3) is 2.76. The van der Waals surface area contributed by atoms with E-state index in [4.69, 9.17) is 5.73 Å². The minimum Gasteiger partial charge on any atom is -0.338 e. The van der Waals surface area contributed by atoms with E-state index >= 15 is 0 Å². The quantitative estimate of drug-likeness (QED) is 0.807. The lowest BCUT2D eigenvalue weighted by Gasteiger charge is -2.32. The Kier molecular flexibility index (Phi) is 3.66. The summed E-state index contributed by atoms with van der Waals surface area (Å²) < 4.78 is 26.0. The predicted octanol–water partition coefficient (Wildman–Crippen LogP) is 1.76. The minimum absolute atomic E-state index is 0.0495. The van der Waals surface area contributed by atoms with Crippen molar-refractivity contribution in [3.8, 4) is 0 Å². The Morgan fingerprint density at radius 3 is 2.53 bits per heavy atom. The maximum absolute atomic E-state index is 13.0. The number of hydrogen-bond donors (Lipinski definition) is 1. The molecule has 5 heteroatoms. The van der Waals surface area contributed by atoms with Crippen molar-refractivity contribution in [1.29, 1.82) is 0 Å². The average Bonchev–Trinajstić information content (AvgIpc) is 2.76. The topological polar surface area (TPSA) is 46.3 Å². The molecule has 0 aromatic rings. The number of alkyl halides is 2. The molecule has 17 heavy (non-hydrogen) atoms. The monoisotopic (exact) mass is 246 g/mol. The van der Waals surface area contributed by atoms with Crippen LogP contribution in [-0.2, 0) is 4.79 Å². The molecule has 3 nitrogen and oxygen atoms in total. The number of nitrogens with zero attached hydrogens (tertiary/aromatic N) is 1. The second-order valence-corrected chi connectivity index (χ2v) is 5.19. The lowest BCUT2D eigenvalue weighted by atomic mass is 9.86. The van der Waals surface area contributed by atoms with Crippen LogP contribution in [0.4, 0.5) is 8.78 Å². The average molecular weight is 246 g/mol. The number of amides is 1.